The highest BCUT2D eigenvalue weighted by molar-refractivity contribution is 7.10. The Labute approximate surface area is 177 Å². The number of guanidine groups is 1. The molecule has 1 aliphatic heterocycles. The summed E-state index contributed by atoms with van der Waals surface area (Å²) in [5, 5.41) is 17.1. The van der Waals surface area contributed by atoms with Crippen molar-refractivity contribution in [2.75, 3.05) is 46.4 Å². The Morgan fingerprint density at radius 3 is 2.86 bits per heavy atom. The lowest BCUT2D eigenvalue weighted by molar-refractivity contribution is 0.203. The molecule has 0 amide bonds. The Morgan fingerprint density at radius 2 is 2.14 bits per heavy atom. The number of methoxy groups -OCH3 is 1. The van der Waals surface area contributed by atoms with E-state index in [1.165, 1.54) is 17.7 Å². The van der Waals surface area contributed by atoms with Crippen LogP contribution < -0.4 is 10.6 Å². The number of ether oxygens (including phenoxy) is 1. The van der Waals surface area contributed by atoms with E-state index in [0.29, 0.717) is 12.6 Å². The molecule has 2 aromatic heterocycles. The van der Waals surface area contributed by atoms with Crippen molar-refractivity contribution in [3.05, 3.63) is 34.5 Å². The van der Waals surface area contributed by atoms with Crippen molar-refractivity contribution < 1.29 is 4.74 Å². The number of hydrogen-bond acceptors (Lipinski definition) is 6. The molecular weight excluding hydrogens is 386 g/mol. The van der Waals surface area contributed by atoms with E-state index in [1.807, 2.05) is 11.3 Å². The van der Waals surface area contributed by atoms with Gasteiger partial charge in [0.1, 0.15) is 12.2 Å². The van der Waals surface area contributed by atoms with E-state index in [-0.39, 0.29) is 0 Å². The lowest BCUT2D eigenvalue weighted by Crippen LogP contribution is -2.41. The molecule has 1 saturated heterocycles. The third-order valence-electron chi connectivity index (χ3n) is 5.13. The van der Waals surface area contributed by atoms with Crippen molar-refractivity contribution in [2.45, 2.75) is 38.8 Å². The van der Waals surface area contributed by atoms with Crippen LogP contribution in [0.25, 0.3) is 0 Å². The van der Waals surface area contributed by atoms with Gasteiger partial charge in [0.2, 0.25) is 0 Å². The van der Waals surface area contributed by atoms with Gasteiger partial charge in [-0.3, -0.25) is 9.89 Å². The monoisotopic (exact) mass is 419 g/mol. The summed E-state index contributed by atoms with van der Waals surface area (Å²) in [5.41, 5.74) is 0. The number of thiophene rings is 1. The van der Waals surface area contributed by atoms with Crippen LogP contribution in [0.15, 0.2) is 28.8 Å². The molecule has 160 valence electrons. The Bertz CT molecular complexity index is 725. The van der Waals surface area contributed by atoms with E-state index in [4.69, 9.17) is 9.73 Å². The number of rotatable bonds is 11. The summed E-state index contributed by atoms with van der Waals surface area (Å²) in [5.74, 6) is 1.83. The van der Waals surface area contributed by atoms with Crippen LogP contribution in [0.2, 0.25) is 0 Å². The van der Waals surface area contributed by atoms with Gasteiger partial charge in [-0.15, -0.1) is 21.5 Å². The minimum Gasteiger partial charge on any atom is -0.383 e. The molecule has 0 spiro atoms. The van der Waals surface area contributed by atoms with Gasteiger partial charge in [0, 0.05) is 38.0 Å². The fourth-order valence-corrected chi connectivity index (χ4v) is 4.43. The SMILES string of the molecule is CCc1nncn1CCNC(=NCC(c1cccs1)N1CCCC1)NCCOC. The van der Waals surface area contributed by atoms with E-state index in [1.54, 1.807) is 13.4 Å². The highest BCUT2D eigenvalue weighted by Gasteiger charge is 2.24. The standard InChI is InChI=1S/C20H33N7OS/c1-3-19-25-24-16-27(19)12-8-21-20(22-9-13-28-2)23-15-17(18-7-6-14-29-18)26-10-4-5-11-26/h6-7,14,16-17H,3-5,8-13,15H2,1-2H3,(H2,21,22,23). The second-order valence-corrected chi connectivity index (χ2v) is 8.08. The lowest BCUT2D eigenvalue weighted by Gasteiger charge is -2.25. The molecular formula is C20H33N7OS. The predicted octanol–water partition coefficient (Wildman–Crippen LogP) is 1.92. The molecule has 3 heterocycles. The van der Waals surface area contributed by atoms with Crippen molar-refractivity contribution in [1.82, 2.24) is 30.3 Å². The van der Waals surface area contributed by atoms with Gasteiger partial charge in [-0.2, -0.15) is 0 Å². The van der Waals surface area contributed by atoms with E-state index in [2.05, 4.69) is 54.7 Å². The van der Waals surface area contributed by atoms with Crippen LogP contribution in [0.1, 0.15) is 36.5 Å². The second kappa shape index (κ2) is 11.9. The van der Waals surface area contributed by atoms with Crippen molar-refractivity contribution in [3.63, 3.8) is 0 Å². The molecule has 1 unspecified atom stereocenters. The summed E-state index contributed by atoms with van der Waals surface area (Å²) < 4.78 is 7.26. The van der Waals surface area contributed by atoms with Crippen molar-refractivity contribution >= 4 is 17.3 Å². The first kappa shape index (κ1) is 21.7. The number of nitrogens with one attached hydrogen (secondary N) is 2. The lowest BCUT2D eigenvalue weighted by atomic mass is 10.2. The van der Waals surface area contributed by atoms with Gasteiger partial charge in [-0.1, -0.05) is 13.0 Å². The number of aliphatic imine (C=N–C) groups is 1. The van der Waals surface area contributed by atoms with Gasteiger partial charge in [-0.05, 0) is 37.4 Å². The minimum atomic E-state index is 0.350. The van der Waals surface area contributed by atoms with E-state index in [9.17, 15) is 0 Å². The van der Waals surface area contributed by atoms with Gasteiger partial charge in [0.15, 0.2) is 5.96 Å². The molecule has 0 aromatic carbocycles. The van der Waals surface area contributed by atoms with Crippen LogP contribution in [-0.4, -0.2) is 72.1 Å². The van der Waals surface area contributed by atoms with Crippen molar-refractivity contribution in [2.24, 2.45) is 4.99 Å². The molecule has 29 heavy (non-hydrogen) atoms. The first-order valence-electron chi connectivity index (χ1n) is 10.5. The predicted molar refractivity (Wildman–Crippen MR) is 117 cm³/mol. The summed E-state index contributed by atoms with van der Waals surface area (Å²) in [7, 11) is 1.71. The first-order chi connectivity index (χ1) is 14.3. The zero-order valence-corrected chi connectivity index (χ0v) is 18.3. The topological polar surface area (TPSA) is 79.6 Å². The third kappa shape index (κ3) is 6.52. The molecule has 1 fully saturated rings. The van der Waals surface area contributed by atoms with E-state index < -0.39 is 0 Å². The van der Waals surface area contributed by atoms with Crippen LogP contribution in [-0.2, 0) is 17.7 Å². The molecule has 1 aliphatic rings. The summed E-state index contributed by atoms with van der Waals surface area (Å²) in [6.45, 7) is 8.09. The summed E-state index contributed by atoms with van der Waals surface area (Å²) in [6.07, 6.45) is 5.23. The minimum absolute atomic E-state index is 0.350. The molecule has 0 bridgehead atoms. The second-order valence-electron chi connectivity index (χ2n) is 7.10. The van der Waals surface area contributed by atoms with Crippen molar-refractivity contribution in [1.29, 1.82) is 0 Å². The van der Waals surface area contributed by atoms with Crippen LogP contribution in [0, 0.1) is 0 Å². The summed E-state index contributed by atoms with van der Waals surface area (Å²) in [4.78, 5) is 8.88. The van der Waals surface area contributed by atoms with Crippen LogP contribution >= 0.6 is 11.3 Å². The van der Waals surface area contributed by atoms with Crippen LogP contribution in [0.4, 0.5) is 0 Å². The molecule has 3 rings (SSSR count). The zero-order chi connectivity index (χ0) is 20.3. The normalized spacial score (nSPS) is 16.3. The Balaban J connectivity index is 1.61. The maximum Gasteiger partial charge on any atom is 0.191 e. The van der Waals surface area contributed by atoms with Crippen LogP contribution in [0.3, 0.4) is 0 Å². The van der Waals surface area contributed by atoms with Crippen molar-refractivity contribution in [3.8, 4) is 0 Å². The Hall–Kier alpha value is -1.97. The Kier molecular flexibility index (Phi) is 8.91. The fraction of sp³-hybridized carbons (Fsp3) is 0.650. The zero-order valence-electron chi connectivity index (χ0n) is 17.5. The molecule has 9 heteroatoms. The average Bonchev–Trinajstić information content (AvgIpc) is 3.50. The largest absolute Gasteiger partial charge is 0.383 e. The third-order valence-corrected chi connectivity index (χ3v) is 6.10. The van der Waals surface area contributed by atoms with Crippen LogP contribution in [0.5, 0.6) is 0 Å². The van der Waals surface area contributed by atoms with Gasteiger partial charge in [0.05, 0.1) is 19.2 Å². The van der Waals surface area contributed by atoms with E-state index >= 15 is 0 Å². The maximum absolute atomic E-state index is 5.18. The average molecular weight is 420 g/mol. The number of aromatic nitrogens is 3. The summed E-state index contributed by atoms with van der Waals surface area (Å²) in [6, 6.07) is 4.71. The highest BCUT2D eigenvalue weighted by Crippen LogP contribution is 2.28. The van der Waals surface area contributed by atoms with E-state index in [0.717, 1.165) is 57.5 Å². The number of aryl methyl sites for hydroxylation is 1. The number of likely N-dealkylation sites (tertiary alicyclic amines) is 1. The highest BCUT2D eigenvalue weighted by atomic mass is 32.1. The summed E-state index contributed by atoms with van der Waals surface area (Å²) >= 11 is 1.82. The molecule has 0 saturated carbocycles. The molecule has 2 aromatic rings. The maximum atomic E-state index is 5.18. The number of hydrogen-bond donors (Lipinski definition) is 2. The van der Waals surface area contributed by atoms with Gasteiger partial charge in [-0.25, -0.2) is 0 Å². The molecule has 2 N–H and O–H groups in total. The molecule has 8 nitrogen and oxygen atoms in total. The Morgan fingerprint density at radius 1 is 1.31 bits per heavy atom. The van der Waals surface area contributed by atoms with Gasteiger partial charge >= 0.3 is 0 Å². The molecule has 0 aliphatic carbocycles. The quantitative estimate of drug-likeness (QED) is 0.329. The molecule has 1 atom stereocenters. The smallest absolute Gasteiger partial charge is 0.191 e. The molecule has 0 radical (unpaired) electrons. The first-order valence-corrected chi connectivity index (χ1v) is 11.3. The van der Waals surface area contributed by atoms with Gasteiger partial charge < -0.3 is 19.9 Å². The van der Waals surface area contributed by atoms with Gasteiger partial charge in [0.25, 0.3) is 0 Å². The number of nitrogens with zero attached hydrogens (tertiary/aromatic N) is 5. The fourth-order valence-electron chi connectivity index (χ4n) is 3.58.